The van der Waals surface area contributed by atoms with E-state index in [1.165, 1.54) is 29.7 Å². The van der Waals surface area contributed by atoms with Crippen molar-refractivity contribution < 1.29 is 4.79 Å². The summed E-state index contributed by atoms with van der Waals surface area (Å²) in [7, 11) is 0. The van der Waals surface area contributed by atoms with Gasteiger partial charge >= 0.3 is 0 Å². The number of nitrogens with zero attached hydrogens (tertiary/aromatic N) is 1. The molecule has 0 radical (unpaired) electrons. The van der Waals surface area contributed by atoms with Crippen molar-refractivity contribution in [3.8, 4) is 0 Å². The van der Waals surface area contributed by atoms with Crippen LogP contribution in [0.3, 0.4) is 0 Å². The predicted molar refractivity (Wildman–Crippen MR) is 80.6 cm³/mol. The maximum atomic E-state index is 11.3. The number of carbonyl (C=O) groups excluding carboxylic acids is 1. The van der Waals surface area contributed by atoms with Crippen LogP contribution in [0.1, 0.15) is 30.4 Å². The number of hydrogen-bond acceptors (Lipinski definition) is 3. The summed E-state index contributed by atoms with van der Waals surface area (Å²) in [5.74, 6) is -0.166. The molecule has 1 saturated carbocycles. The normalized spacial score (nSPS) is 22.2. The average Bonchev–Trinajstić information content (AvgIpc) is 3.11. The first-order valence-corrected chi connectivity index (χ1v) is 7.50. The summed E-state index contributed by atoms with van der Waals surface area (Å²) in [6, 6.07) is 7.37. The third-order valence-electron chi connectivity index (χ3n) is 4.36. The van der Waals surface area contributed by atoms with Crippen LogP contribution in [0, 0.1) is 12.8 Å². The van der Waals surface area contributed by atoms with Crippen molar-refractivity contribution >= 4 is 11.6 Å². The number of primary amides is 1. The molecule has 4 nitrogen and oxygen atoms in total. The van der Waals surface area contributed by atoms with Crippen molar-refractivity contribution in [2.75, 3.05) is 18.0 Å². The van der Waals surface area contributed by atoms with Crippen LogP contribution in [0.5, 0.6) is 0 Å². The van der Waals surface area contributed by atoms with Crippen molar-refractivity contribution in [3.05, 3.63) is 29.3 Å². The minimum Gasteiger partial charge on any atom is -0.370 e. The van der Waals surface area contributed by atoms with Crippen molar-refractivity contribution in [3.63, 3.8) is 0 Å². The Hall–Kier alpha value is -1.55. The Kier molecular flexibility index (Phi) is 3.66. The van der Waals surface area contributed by atoms with Gasteiger partial charge in [0.2, 0.25) is 5.91 Å². The number of nitrogens with one attached hydrogen (secondary N) is 1. The number of rotatable bonds is 5. The number of amides is 1. The smallest absolute Gasteiger partial charge is 0.222 e. The third kappa shape index (κ3) is 2.96. The lowest BCUT2D eigenvalue weighted by molar-refractivity contribution is -0.121. The minimum atomic E-state index is -0.171. The van der Waals surface area contributed by atoms with Crippen LogP contribution in [0.15, 0.2) is 18.2 Å². The fraction of sp³-hybridized carbons (Fsp3) is 0.562. The van der Waals surface area contributed by atoms with E-state index >= 15 is 0 Å². The fourth-order valence-electron chi connectivity index (χ4n) is 2.94. The van der Waals surface area contributed by atoms with Crippen LogP contribution in [-0.2, 0) is 11.3 Å². The van der Waals surface area contributed by atoms with Gasteiger partial charge in [-0.15, -0.1) is 0 Å². The summed E-state index contributed by atoms with van der Waals surface area (Å²) >= 11 is 0. The number of benzene rings is 1. The summed E-state index contributed by atoms with van der Waals surface area (Å²) in [4.78, 5) is 13.5. The highest BCUT2D eigenvalue weighted by atomic mass is 16.1. The predicted octanol–water partition coefficient (Wildman–Crippen LogP) is 1.56. The van der Waals surface area contributed by atoms with Gasteiger partial charge in [0.05, 0.1) is 5.92 Å². The maximum Gasteiger partial charge on any atom is 0.222 e. The van der Waals surface area contributed by atoms with E-state index in [1.54, 1.807) is 0 Å². The molecule has 1 atom stereocenters. The van der Waals surface area contributed by atoms with E-state index in [2.05, 4.69) is 35.3 Å². The van der Waals surface area contributed by atoms with Crippen LogP contribution in [0.2, 0.25) is 0 Å². The van der Waals surface area contributed by atoms with E-state index < -0.39 is 0 Å². The molecule has 1 aliphatic heterocycles. The fourth-order valence-corrected chi connectivity index (χ4v) is 2.94. The van der Waals surface area contributed by atoms with Crippen molar-refractivity contribution in [2.45, 2.75) is 38.8 Å². The van der Waals surface area contributed by atoms with E-state index in [-0.39, 0.29) is 11.8 Å². The molecule has 1 aromatic carbocycles. The highest BCUT2D eigenvalue weighted by Crippen LogP contribution is 2.28. The van der Waals surface area contributed by atoms with Gasteiger partial charge in [0.15, 0.2) is 0 Å². The van der Waals surface area contributed by atoms with Gasteiger partial charge in [0.1, 0.15) is 0 Å². The van der Waals surface area contributed by atoms with Gasteiger partial charge in [-0.3, -0.25) is 4.79 Å². The molecule has 3 rings (SSSR count). The first-order chi connectivity index (χ1) is 9.63. The Bertz CT molecular complexity index is 510. The lowest BCUT2D eigenvalue weighted by Gasteiger charge is -2.21. The molecule has 108 valence electrons. The number of hydrogen-bond donors (Lipinski definition) is 2. The highest BCUT2D eigenvalue weighted by molar-refractivity contribution is 5.78. The number of anilines is 1. The lowest BCUT2D eigenvalue weighted by atomic mass is 10.1. The average molecular weight is 273 g/mol. The van der Waals surface area contributed by atoms with Gasteiger partial charge < -0.3 is 16.0 Å². The zero-order valence-electron chi connectivity index (χ0n) is 12.1. The zero-order valence-corrected chi connectivity index (χ0v) is 12.1. The second-order valence-corrected chi connectivity index (χ2v) is 6.11. The number of nitrogens with two attached hydrogens (primary N) is 1. The van der Waals surface area contributed by atoms with Crippen LogP contribution in [0.4, 0.5) is 5.69 Å². The quantitative estimate of drug-likeness (QED) is 0.856. The largest absolute Gasteiger partial charge is 0.370 e. The Labute approximate surface area is 120 Å². The van der Waals surface area contributed by atoms with Crippen LogP contribution in [0.25, 0.3) is 0 Å². The second kappa shape index (κ2) is 5.44. The Morgan fingerprint density at radius 3 is 2.80 bits per heavy atom. The molecule has 1 unspecified atom stereocenters. The van der Waals surface area contributed by atoms with Gasteiger partial charge in [0, 0.05) is 31.4 Å². The SMILES string of the molecule is Cc1cc(CNC2CC2)ccc1N1CCC(C(N)=O)C1. The Balaban J connectivity index is 1.66. The van der Waals surface area contributed by atoms with Crippen LogP contribution in [-0.4, -0.2) is 25.0 Å². The summed E-state index contributed by atoms with van der Waals surface area (Å²) in [5, 5.41) is 3.54. The first-order valence-electron chi connectivity index (χ1n) is 7.50. The van der Waals surface area contributed by atoms with Crippen molar-refractivity contribution in [2.24, 2.45) is 11.7 Å². The summed E-state index contributed by atoms with van der Waals surface area (Å²) in [6.07, 6.45) is 3.51. The van der Waals surface area contributed by atoms with Gasteiger partial charge in [-0.2, -0.15) is 0 Å². The molecule has 2 fully saturated rings. The molecule has 0 spiro atoms. The summed E-state index contributed by atoms with van der Waals surface area (Å²) < 4.78 is 0. The molecule has 0 aromatic heterocycles. The molecular formula is C16H23N3O. The number of aryl methyl sites for hydroxylation is 1. The zero-order chi connectivity index (χ0) is 14.1. The van der Waals surface area contributed by atoms with Crippen LogP contribution < -0.4 is 16.0 Å². The van der Waals surface area contributed by atoms with Crippen LogP contribution >= 0.6 is 0 Å². The molecule has 2 aliphatic rings. The van der Waals surface area contributed by atoms with Crippen molar-refractivity contribution in [1.82, 2.24) is 5.32 Å². The van der Waals surface area contributed by atoms with E-state index in [9.17, 15) is 4.79 Å². The van der Waals surface area contributed by atoms with Crippen molar-refractivity contribution in [1.29, 1.82) is 0 Å². The summed E-state index contributed by atoms with van der Waals surface area (Å²) in [6.45, 7) is 4.78. The van der Waals surface area contributed by atoms with E-state index in [4.69, 9.17) is 5.73 Å². The molecule has 4 heteroatoms. The molecule has 1 aliphatic carbocycles. The molecule has 20 heavy (non-hydrogen) atoms. The molecule has 3 N–H and O–H groups in total. The van der Waals surface area contributed by atoms with Gasteiger partial charge in [-0.25, -0.2) is 0 Å². The maximum absolute atomic E-state index is 11.3. The molecule has 1 saturated heterocycles. The lowest BCUT2D eigenvalue weighted by Crippen LogP contribution is -2.27. The first kappa shape index (κ1) is 13.4. The van der Waals surface area contributed by atoms with Gasteiger partial charge in [0.25, 0.3) is 0 Å². The topological polar surface area (TPSA) is 58.4 Å². The van der Waals surface area contributed by atoms with E-state index in [1.807, 2.05) is 0 Å². The standard InChI is InChI=1S/C16H23N3O/c1-11-8-12(9-18-14-3-4-14)2-5-15(11)19-7-6-13(10-19)16(17)20/h2,5,8,13-14,18H,3-4,6-7,9-10H2,1H3,(H2,17,20). The summed E-state index contributed by atoms with van der Waals surface area (Å²) in [5.41, 5.74) is 9.26. The Morgan fingerprint density at radius 1 is 1.40 bits per heavy atom. The minimum absolute atomic E-state index is 0.00519. The monoisotopic (exact) mass is 273 g/mol. The van der Waals surface area contributed by atoms with E-state index in [0.29, 0.717) is 0 Å². The van der Waals surface area contributed by atoms with Gasteiger partial charge in [-0.05, 0) is 43.4 Å². The molecular weight excluding hydrogens is 250 g/mol. The Morgan fingerprint density at radius 2 is 2.20 bits per heavy atom. The highest BCUT2D eigenvalue weighted by Gasteiger charge is 2.27. The third-order valence-corrected chi connectivity index (χ3v) is 4.36. The van der Waals surface area contributed by atoms with Gasteiger partial charge in [-0.1, -0.05) is 12.1 Å². The molecule has 1 heterocycles. The van der Waals surface area contributed by atoms with E-state index in [0.717, 1.165) is 32.1 Å². The second-order valence-electron chi connectivity index (χ2n) is 6.11. The molecule has 1 amide bonds. The molecule has 0 bridgehead atoms. The number of carbonyl (C=O) groups is 1. The molecule has 1 aromatic rings.